The van der Waals surface area contributed by atoms with Crippen LogP contribution >= 0.6 is 0 Å². The second-order valence-corrected chi connectivity index (χ2v) is 7.34. The third-order valence-corrected chi connectivity index (χ3v) is 5.90. The average Bonchev–Trinajstić information content (AvgIpc) is 2.75. The van der Waals surface area contributed by atoms with Gasteiger partial charge in [0.1, 0.15) is 0 Å². The van der Waals surface area contributed by atoms with Crippen molar-refractivity contribution in [3.63, 3.8) is 0 Å². The molecule has 5 heteroatoms. The molecule has 0 radical (unpaired) electrons. The molecule has 1 aromatic carbocycles. The molecule has 1 heterocycles. The minimum atomic E-state index is -3.37. The van der Waals surface area contributed by atoms with Crippen LogP contribution in [0.1, 0.15) is 18.4 Å². The number of benzene rings is 1. The highest BCUT2D eigenvalue weighted by Crippen LogP contribution is 2.21. The summed E-state index contributed by atoms with van der Waals surface area (Å²) in [5.41, 5.74) is 0.800. The monoisotopic (exact) mass is 282 g/mol. The van der Waals surface area contributed by atoms with E-state index in [-0.39, 0.29) is 0 Å². The highest BCUT2D eigenvalue weighted by molar-refractivity contribution is 7.89. The number of likely N-dealkylation sites (N-methyl/N-ethyl adjacent to an activating group) is 2. The van der Waals surface area contributed by atoms with Crippen molar-refractivity contribution < 1.29 is 8.42 Å². The summed E-state index contributed by atoms with van der Waals surface area (Å²) in [4.78, 5) is 2.65. The molecule has 1 aliphatic rings. The largest absolute Gasteiger partial charge is 0.302 e. The van der Waals surface area contributed by atoms with E-state index >= 15 is 0 Å². The zero-order chi connectivity index (χ0) is 14.0. The normalized spacial score (nSPS) is 21.2. The van der Waals surface area contributed by atoms with Gasteiger partial charge in [-0.25, -0.2) is 8.42 Å². The van der Waals surface area contributed by atoms with Gasteiger partial charge in [0.25, 0.3) is 0 Å². The Bertz CT molecular complexity index is 542. The van der Waals surface area contributed by atoms with E-state index in [2.05, 4.69) is 11.9 Å². The third kappa shape index (κ3) is 2.99. The van der Waals surface area contributed by atoms with Gasteiger partial charge in [0, 0.05) is 19.6 Å². The van der Waals surface area contributed by atoms with Gasteiger partial charge in [0.05, 0.1) is 4.90 Å². The molecule has 106 valence electrons. The molecule has 1 unspecified atom stereocenters. The van der Waals surface area contributed by atoms with Crippen molar-refractivity contribution in [2.75, 3.05) is 27.2 Å². The quantitative estimate of drug-likeness (QED) is 0.844. The van der Waals surface area contributed by atoms with Gasteiger partial charge >= 0.3 is 0 Å². The van der Waals surface area contributed by atoms with Crippen LogP contribution in [0.4, 0.5) is 0 Å². The van der Waals surface area contributed by atoms with Gasteiger partial charge in [0.2, 0.25) is 10.0 Å². The van der Waals surface area contributed by atoms with E-state index in [0.29, 0.717) is 17.5 Å². The summed E-state index contributed by atoms with van der Waals surface area (Å²) in [6, 6.07) is 7.49. The van der Waals surface area contributed by atoms with Gasteiger partial charge in [0.15, 0.2) is 0 Å². The molecule has 0 spiro atoms. The maximum absolute atomic E-state index is 12.6. The van der Waals surface area contributed by atoms with E-state index in [1.807, 2.05) is 19.1 Å². The molecule has 0 bridgehead atoms. The lowest BCUT2D eigenvalue weighted by molar-refractivity contribution is 0.271. The van der Waals surface area contributed by atoms with Gasteiger partial charge in [-0.2, -0.15) is 4.31 Å². The lowest BCUT2D eigenvalue weighted by atomic mass is 10.2. The number of likely N-dealkylation sites (tertiary alicyclic amines) is 1. The van der Waals surface area contributed by atoms with Crippen LogP contribution in [-0.2, 0) is 10.0 Å². The number of sulfonamides is 1. The van der Waals surface area contributed by atoms with Crippen molar-refractivity contribution in [3.8, 4) is 0 Å². The molecule has 1 atom stereocenters. The van der Waals surface area contributed by atoms with E-state index in [1.54, 1.807) is 19.2 Å². The molecule has 1 fully saturated rings. The van der Waals surface area contributed by atoms with E-state index < -0.39 is 10.0 Å². The molecule has 0 amide bonds. The summed E-state index contributed by atoms with van der Waals surface area (Å²) in [6.07, 6.45) is 2.23. The Kier molecular flexibility index (Phi) is 4.28. The molecular weight excluding hydrogens is 260 g/mol. The first kappa shape index (κ1) is 14.5. The predicted octanol–water partition coefficient (Wildman–Crippen LogP) is 1.71. The first-order valence-electron chi connectivity index (χ1n) is 6.65. The van der Waals surface area contributed by atoms with E-state index in [0.717, 1.165) is 24.9 Å². The van der Waals surface area contributed by atoms with Crippen LogP contribution in [0.2, 0.25) is 0 Å². The van der Waals surface area contributed by atoms with Crippen LogP contribution in [0.15, 0.2) is 29.2 Å². The minimum absolute atomic E-state index is 0.337. The maximum atomic E-state index is 12.6. The van der Waals surface area contributed by atoms with Crippen molar-refractivity contribution in [2.45, 2.75) is 30.7 Å². The molecular formula is C14H22N2O2S. The fourth-order valence-corrected chi connectivity index (χ4v) is 4.05. The summed E-state index contributed by atoms with van der Waals surface area (Å²) in [7, 11) is 0.362. The fraction of sp³-hybridized carbons (Fsp3) is 0.571. The fourth-order valence-electron chi connectivity index (χ4n) is 2.62. The zero-order valence-electron chi connectivity index (χ0n) is 11.8. The number of aryl methyl sites for hydroxylation is 1. The number of nitrogens with zero attached hydrogens (tertiary/aromatic N) is 2. The Morgan fingerprint density at radius 2 is 2.05 bits per heavy atom. The smallest absolute Gasteiger partial charge is 0.243 e. The van der Waals surface area contributed by atoms with Crippen molar-refractivity contribution in [1.82, 2.24) is 9.21 Å². The lowest BCUT2D eigenvalue weighted by Gasteiger charge is -2.25. The van der Waals surface area contributed by atoms with Crippen molar-refractivity contribution >= 4 is 10.0 Å². The van der Waals surface area contributed by atoms with Gasteiger partial charge in [-0.15, -0.1) is 0 Å². The molecule has 0 saturated carbocycles. The molecule has 2 rings (SSSR count). The summed E-state index contributed by atoms with van der Waals surface area (Å²) >= 11 is 0. The van der Waals surface area contributed by atoms with E-state index in [9.17, 15) is 8.42 Å². The van der Waals surface area contributed by atoms with Gasteiger partial charge < -0.3 is 4.90 Å². The summed E-state index contributed by atoms with van der Waals surface area (Å²) in [5, 5.41) is 0. The first-order valence-corrected chi connectivity index (χ1v) is 8.09. The van der Waals surface area contributed by atoms with Crippen molar-refractivity contribution in [1.29, 1.82) is 0 Å². The van der Waals surface area contributed by atoms with Crippen LogP contribution in [0.25, 0.3) is 0 Å². The van der Waals surface area contributed by atoms with Crippen LogP contribution in [0.3, 0.4) is 0 Å². The molecule has 1 aromatic rings. The Hall–Kier alpha value is -0.910. The second-order valence-electron chi connectivity index (χ2n) is 5.33. The first-order chi connectivity index (χ1) is 8.93. The zero-order valence-corrected chi connectivity index (χ0v) is 12.7. The highest BCUT2D eigenvalue weighted by Gasteiger charge is 2.28. The Labute approximate surface area is 116 Å². The molecule has 0 aliphatic carbocycles. The van der Waals surface area contributed by atoms with Gasteiger partial charge in [-0.3, -0.25) is 0 Å². The van der Waals surface area contributed by atoms with E-state index in [1.165, 1.54) is 4.31 Å². The second kappa shape index (κ2) is 5.61. The third-order valence-electron chi connectivity index (χ3n) is 3.92. The minimum Gasteiger partial charge on any atom is -0.302 e. The summed E-state index contributed by atoms with van der Waals surface area (Å²) in [6.45, 7) is 3.46. The van der Waals surface area contributed by atoms with Crippen LogP contribution in [-0.4, -0.2) is 50.8 Å². The Morgan fingerprint density at radius 3 is 2.63 bits per heavy atom. The van der Waals surface area contributed by atoms with E-state index in [4.69, 9.17) is 0 Å². The maximum Gasteiger partial charge on any atom is 0.243 e. The van der Waals surface area contributed by atoms with Crippen LogP contribution in [0, 0.1) is 6.92 Å². The van der Waals surface area contributed by atoms with Gasteiger partial charge in [-0.05, 0) is 45.0 Å². The van der Waals surface area contributed by atoms with Crippen molar-refractivity contribution in [2.24, 2.45) is 0 Å². The Balaban J connectivity index is 2.18. The summed E-state index contributed by atoms with van der Waals surface area (Å²) in [5.74, 6) is 0. The number of rotatable bonds is 4. The Morgan fingerprint density at radius 1 is 1.37 bits per heavy atom. The average molecular weight is 282 g/mol. The standard InChI is InChI=1S/C14H22N2O2S/c1-12-7-4-5-9-14(12)19(17,18)16(3)11-13-8-6-10-15(13)2/h4-5,7,9,13H,6,8,10-11H2,1-3H3. The highest BCUT2D eigenvalue weighted by atomic mass is 32.2. The molecule has 4 nitrogen and oxygen atoms in total. The number of hydrogen-bond acceptors (Lipinski definition) is 3. The predicted molar refractivity (Wildman–Crippen MR) is 76.6 cm³/mol. The molecule has 0 N–H and O–H groups in total. The molecule has 19 heavy (non-hydrogen) atoms. The lowest BCUT2D eigenvalue weighted by Crippen LogP contribution is -2.39. The van der Waals surface area contributed by atoms with Gasteiger partial charge in [-0.1, -0.05) is 18.2 Å². The van der Waals surface area contributed by atoms with Crippen LogP contribution < -0.4 is 0 Å². The molecule has 1 saturated heterocycles. The SMILES string of the molecule is Cc1ccccc1S(=O)(=O)N(C)CC1CCCN1C. The number of hydrogen-bond donors (Lipinski definition) is 0. The molecule has 1 aliphatic heterocycles. The summed E-state index contributed by atoms with van der Waals surface area (Å²) < 4.78 is 26.6. The topological polar surface area (TPSA) is 40.6 Å². The van der Waals surface area contributed by atoms with Crippen LogP contribution in [0.5, 0.6) is 0 Å². The molecule has 0 aromatic heterocycles. The van der Waals surface area contributed by atoms with Crippen molar-refractivity contribution in [3.05, 3.63) is 29.8 Å².